The van der Waals surface area contributed by atoms with Gasteiger partial charge in [0.25, 0.3) is 0 Å². The Labute approximate surface area is 114 Å². The molecule has 2 amide bonds. The predicted octanol–water partition coefficient (Wildman–Crippen LogP) is 1.69. The largest absolute Gasteiger partial charge is 0.342 e. The van der Waals surface area contributed by atoms with Gasteiger partial charge >= 0.3 is 0 Å². The van der Waals surface area contributed by atoms with Crippen molar-refractivity contribution in [1.82, 2.24) is 10.2 Å². The lowest BCUT2D eigenvalue weighted by atomic mass is 9.82. The topological polar surface area (TPSA) is 49.4 Å². The molecule has 1 N–H and O–H groups in total. The van der Waals surface area contributed by atoms with Crippen molar-refractivity contribution in [2.45, 2.75) is 57.9 Å². The summed E-state index contributed by atoms with van der Waals surface area (Å²) in [4.78, 5) is 26.3. The molecule has 3 aliphatic rings. The second kappa shape index (κ2) is 4.80. The van der Waals surface area contributed by atoms with E-state index in [9.17, 15) is 9.59 Å². The van der Waals surface area contributed by atoms with E-state index < -0.39 is 0 Å². The number of carbonyl (C=O) groups is 2. The maximum atomic E-state index is 12.6. The molecular weight excluding hydrogens is 240 g/mol. The first kappa shape index (κ1) is 12.9. The van der Waals surface area contributed by atoms with Crippen LogP contribution in [-0.2, 0) is 9.59 Å². The van der Waals surface area contributed by atoms with Gasteiger partial charge in [0, 0.05) is 6.54 Å². The lowest BCUT2D eigenvalue weighted by Crippen LogP contribution is -2.61. The summed E-state index contributed by atoms with van der Waals surface area (Å²) in [5.74, 6) is 0.555. The van der Waals surface area contributed by atoms with Crippen molar-refractivity contribution in [3.05, 3.63) is 0 Å². The van der Waals surface area contributed by atoms with Crippen molar-refractivity contribution in [2.75, 3.05) is 13.1 Å². The minimum absolute atomic E-state index is 0.0272. The molecule has 0 spiro atoms. The Hall–Kier alpha value is -1.06. The van der Waals surface area contributed by atoms with E-state index in [4.69, 9.17) is 0 Å². The van der Waals surface area contributed by atoms with Crippen LogP contribution >= 0.6 is 0 Å². The predicted molar refractivity (Wildman–Crippen MR) is 72.4 cm³/mol. The smallest absolute Gasteiger partial charge is 0.245 e. The molecule has 0 aromatic rings. The Morgan fingerprint density at radius 2 is 1.89 bits per heavy atom. The van der Waals surface area contributed by atoms with Crippen molar-refractivity contribution >= 4 is 11.8 Å². The molecule has 3 rings (SSSR count). The highest BCUT2D eigenvalue weighted by Crippen LogP contribution is 2.45. The van der Waals surface area contributed by atoms with Crippen LogP contribution in [0, 0.1) is 11.3 Å². The van der Waals surface area contributed by atoms with Crippen LogP contribution in [-0.4, -0.2) is 35.8 Å². The van der Waals surface area contributed by atoms with Crippen LogP contribution in [0.3, 0.4) is 0 Å². The van der Waals surface area contributed by atoms with Crippen LogP contribution in [0.4, 0.5) is 0 Å². The van der Waals surface area contributed by atoms with Gasteiger partial charge in [-0.1, -0.05) is 26.2 Å². The zero-order valence-corrected chi connectivity index (χ0v) is 11.8. The van der Waals surface area contributed by atoms with Gasteiger partial charge in [0.1, 0.15) is 6.04 Å². The average molecular weight is 264 g/mol. The SMILES string of the molecule is CC1(CN2CC(=O)NC(C3CCCCC3)C2=O)CC1. The molecule has 2 saturated carbocycles. The molecule has 4 heteroatoms. The van der Waals surface area contributed by atoms with E-state index in [0.29, 0.717) is 5.92 Å². The zero-order chi connectivity index (χ0) is 13.5. The maximum Gasteiger partial charge on any atom is 0.245 e. The second-order valence-corrected chi connectivity index (χ2v) is 6.95. The minimum Gasteiger partial charge on any atom is -0.342 e. The summed E-state index contributed by atoms with van der Waals surface area (Å²) in [7, 11) is 0. The highest BCUT2D eigenvalue weighted by Gasteiger charge is 2.44. The third-order valence-corrected chi connectivity index (χ3v) is 5.03. The number of carbonyl (C=O) groups excluding carboxylic acids is 2. The third-order valence-electron chi connectivity index (χ3n) is 5.03. The number of piperazine rings is 1. The fraction of sp³-hybridized carbons (Fsp3) is 0.867. The Morgan fingerprint density at radius 1 is 1.21 bits per heavy atom. The van der Waals surface area contributed by atoms with Crippen molar-refractivity contribution < 1.29 is 9.59 Å². The van der Waals surface area contributed by atoms with Crippen LogP contribution in [0.5, 0.6) is 0 Å². The second-order valence-electron chi connectivity index (χ2n) is 6.95. The number of nitrogens with one attached hydrogen (secondary N) is 1. The van der Waals surface area contributed by atoms with Gasteiger partial charge in [-0.05, 0) is 37.0 Å². The van der Waals surface area contributed by atoms with E-state index in [1.807, 2.05) is 4.90 Å². The molecule has 2 aliphatic carbocycles. The first-order chi connectivity index (χ1) is 9.07. The van der Waals surface area contributed by atoms with Crippen LogP contribution < -0.4 is 5.32 Å². The fourth-order valence-electron chi connectivity index (χ4n) is 3.48. The molecule has 3 fully saturated rings. The summed E-state index contributed by atoms with van der Waals surface area (Å²) in [5.41, 5.74) is 0.282. The molecule has 0 radical (unpaired) electrons. The van der Waals surface area contributed by atoms with Gasteiger partial charge in [0.2, 0.25) is 11.8 Å². The zero-order valence-electron chi connectivity index (χ0n) is 11.8. The van der Waals surface area contributed by atoms with Crippen LogP contribution in [0.15, 0.2) is 0 Å². The van der Waals surface area contributed by atoms with E-state index in [0.717, 1.165) is 19.4 Å². The standard InChI is InChI=1S/C15H24N2O2/c1-15(7-8-15)10-17-9-12(18)16-13(14(17)19)11-5-3-2-4-6-11/h11,13H,2-10H2,1H3,(H,16,18). The molecule has 0 bridgehead atoms. The Morgan fingerprint density at radius 3 is 2.53 bits per heavy atom. The summed E-state index contributed by atoms with van der Waals surface area (Å²) < 4.78 is 0. The van der Waals surface area contributed by atoms with E-state index in [2.05, 4.69) is 12.2 Å². The lowest BCUT2D eigenvalue weighted by molar-refractivity contribution is -0.147. The average Bonchev–Trinajstić information content (AvgIpc) is 3.12. The van der Waals surface area contributed by atoms with Crippen LogP contribution in [0.25, 0.3) is 0 Å². The lowest BCUT2D eigenvalue weighted by Gasteiger charge is -2.38. The quantitative estimate of drug-likeness (QED) is 0.843. The van der Waals surface area contributed by atoms with Gasteiger partial charge < -0.3 is 10.2 Å². The van der Waals surface area contributed by atoms with Crippen LogP contribution in [0.1, 0.15) is 51.9 Å². The number of amides is 2. The Kier molecular flexibility index (Phi) is 3.27. The first-order valence-corrected chi connectivity index (χ1v) is 7.66. The molecule has 0 aromatic carbocycles. The van der Waals surface area contributed by atoms with Gasteiger partial charge in [-0.15, -0.1) is 0 Å². The number of rotatable bonds is 3. The molecule has 1 unspecified atom stereocenters. The van der Waals surface area contributed by atoms with Gasteiger partial charge in [0.15, 0.2) is 0 Å². The molecule has 0 aromatic heterocycles. The monoisotopic (exact) mass is 264 g/mol. The van der Waals surface area contributed by atoms with E-state index in [1.54, 1.807) is 0 Å². The Bertz CT molecular complexity index is 384. The molecular formula is C15H24N2O2. The number of nitrogens with zero attached hydrogens (tertiary/aromatic N) is 1. The van der Waals surface area contributed by atoms with Gasteiger partial charge in [-0.2, -0.15) is 0 Å². The maximum absolute atomic E-state index is 12.6. The molecule has 4 nitrogen and oxygen atoms in total. The van der Waals surface area contributed by atoms with Crippen molar-refractivity contribution in [3.8, 4) is 0 Å². The Balaban J connectivity index is 1.69. The van der Waals surface area contributed by atoms with Gasteiger partial charge in [0.05, 0.1) is 6.54 Å². The summed E-state index contributed by atoms with van der Waals surface area (Å²) in [5, 5.41) is 2.94. The molecule has 1 atom stereocenters. The fourth-order valence-corrected chi connectivity index (χ4v) is 3.48. The van der Waals surface area contributed by atoms with E-state index in [1.165, 1.54) is 32.1 Å². The normalized spacial score (nSPS) is 31.2. The molecule has 106 valence electrons. The summed E-state index contributed by atoms with van der Waals surface area (Å²) >= 11 is 0. The van der Waals surface area contributed by atoms with Gasteiger partial charge in [-0.25, -0.2) is 0 Å². The molecule has 1 saturated heterocycles. The molecule has 19 heavy (non-hydrogen) atoms. The van der Waals surface area contributed by atoms with Gasteiger partial charge in [-0.3, -0.25) is 9.59 Å². The van der Waals surface area contributed by atoms with Crippen LogP contribution in [0.2, 0.25) is 0 Å². The van der Waals surface area contributed by atoms with Crippen molar-refractivity contribution in [2.24, 2.45) is 11.3 Å². The summed E-state index contributed by atoms with van der Waals surface area (Å²) in [6.45, 7) is 3.24. The van der Waals surface area contributed by atoms with Crippen molar-refractivity contribution in [3.63, 3.8) is 0 Å². The van der Waals surface area contributed by atoms with E-state index >= 15 is 0 Å². The molecule has 1 heterocycles. The van der Waals surface area contributed by atoms with Crippen molar-refractivity contribution in [1.29, 1.82) is 0 Å². The first-order valence-electron chi connectivity index (χ1n) is 7.66. The number of hydrogen-bond acceptors (Lipinski definition) is 2. The minimum atomic E-state index is -0.246. The summed E-state index contributed by atoms with van der Waals surface area (Å²) in [6.07, 6.45) is 8.21. The molecule has 1 aliphatic heterocycles. The highest BCUT2D eigenvalue weighted by molar-refractivity contribution is 5.95. The third kappa shape index (κ3) is 2.77. The highest BCUT2D eigenvalue weighted by atomic mass is 16.2. The summed E-state index contributed by atoms with van der Waals surface area (Å²) in [6, 6.07) is -0.246. The number of hydrogen-bond donors (Lipinski definition) is 1. The van der Waals surface area contributed by atoms with E-state index in [-0.39, 0.29) is 29.8 Å².